The maximum Gasteiger partial charge on any atom is 0.433 e. The number of amides is 1. The molecule has 2 aliphatic heterocycles. The molecule has 28 heavy (non-hydrogen) atoms. The highest BCUT2D eigenvalue weighted by molar-refractivity contribution is 5.98. The minimum atomic E-state index is -4.55. The van der Waals surface area contributed by atoms with E-state index in [0.717, 1.165) is 23.7 Å². The third kappa shape index (κ3) is 3.54. The topological polar surface area (TPSA) is 58.6 Å². The Morgan fingerprint density at radius 2 is 2.00 bits per heavy atom. The first kappa shape index (κ1) is 18.7. The van der Waals surface area contributed by atoms with Crippen molar-refractivity contribution in [1.82, 2.24) is 9.97 Å². The number of ether oxygens (including phenoxy) is 1. The molecular weight excluding hydrogens is 373 g/mol. The van der Waals surface area contributed by atoms with Crippen molar-refractivity contribution in [3.05, 3.63) is 47.4 Å². The molecule has 148 valence electrons. The van der Waals surface area contributed by atoms with Gasteiger partial charge in [0.25, 0.3) is 5.91 Å². The second-order valence-corrected chi connectivity index (χ2v) is 6.83. The SMILES string of the molecule is Cc1nc(N2CCOC(C(=O)N3CCc4ccccc43)C2)cc(C(F)(F)F)n1. The molecular formula is C19H19F3N4O2. The largest absolute Gasteiger partial charge is 0.433 e. The number of aromatic nitrogens is 2. The van der Waals surface area contributed by atoms with E-state index >= 15 is 0 Å². The van der Waals surface area contributed by atoms with E-state index in [2.05, 4.69) is 9.97 Å². The molecule has 1 aromatic heterocycles. The van der Waals surface area contributed by atoms with E-state index in [4.69, 9.17) is 4.74 Å². The van der Waals surface area contributed by atoms with Gasteiger partial charge < -0.3 is 14.5 Å². The number of carbonyl (C=O) groups excluding carboxylic acids is 1. The first-order chi connectivity index (χ1) is 13.3. The molecule has 1 saturated heterocycles. The van der Waals surface area contributed by atoms with Crippen LogP contribution < -0.4 is 9.80 Å². The van der Waals surface area contributed by atoms with Crippen LogP contribution in [0.25, 0.3) is 0 Å². The lowest BCUT2D eigenvalue weighted by atomic mass is 10.2. The van der Waals surface area contributed by atoms with Crippen LogP contribution >= 0.6 is 0 Å². The normalized spacial score (nSPS) is 19.6. The molecule has 0 N–H and O–H groups in total. The smallest absolute Gasteiger partial charge is 0.365 e. The summed E-state index contributed by atoms with van der Waals surface area (Å²) in [4.78, 5) is 23.9. The third-order valence-electron chi connectivity index (χ3n) is 4.93. The van der Waals surface area contributed by atoms with Crippen molar-refractivity contribution in [2.45, 2.75) is 25.6 Å². The average Bonchev–Trinajstić information content (AvgIpc) is 3.10. The van der Waals surface area contributed by atoms with Crippen LogP contribution in [0.4, 0.5) is 24.7 Å². The molecule has 0 radical (unpaired) electrons. The number of aryl methyl sites for hydroxylation is 1. The van der Waals surface area contributed by atoms with Crippen molar-refractivity contribution < 1.29 is 22.7 Å². The molecule has 2 aliphatic rings. The summed E-state index contributed by atoms with van der Waals surface area (Å²) in [7, 11) is 0. The second-order valence-electron chi connectivity index (χ2n) is 6.83. The van der Waals surface area contributed by atoms with Crippen LogP contribution in [0.5, 0.6) is 0 Å². The van der Waals surface area contributed by atoms with Crippen molar-refractivity contribution in [3.63, 3.8) is 0 Å². The number of fused-ring (bicyclic) bond motifs is 1. The summed E-state index contributed by atoms with van der Waals surface area (Å²) in [6.07, 6.45) is -4.54. The minimum Gasteiger partial charge on any atom is -0.365 e. The number of rotatable bonds is 2. The summed E-state index contributed by atoms with van der Waals surface area (Å²) in [5, 5.41) is 0. The van der Waals surface area contributed by atoms with Crippen LogP contribution in [0, 0.1) is 6.92 Å². The maximum atomic E-state index is 13.1. The van der Waals surface area contributed by atoms with E-state index in [1.165, 1.54) is 6.92 Å². The van der Waals surface area contributed by atoms with Gasteiger partial charge in [0.05, 0.1) is 13.2 Å². The Hall–Kier alpha value is -2.68. The third-order valence-corrected chi connectivity index (χ3v) is 4.93. The van der Waals surface area contributed by atoms with E-state index < -0.39 is 18.0 Å². The van der Waals surface area contributed by atoms with Gasteiger partial charge in [-0.2, -0.15) is 13.2 Å². The molecule has 1 atom stereocenters. The van der Waals surface area contributed by atoms with Crippen LogP contribution in [-0.4, -0.2) is 48.2 Å². The summed E-state index contributed by atoms with van der Waals surface area (Å²) < 4.78 is 44.9. The Morgan fingerprint density at radius 3 is 2.79 bits per heavy atom. The minimum absolute atomic E-state index is 0.0349. The summed E-state index contributed by atoms with van der Waals surface area (Å²) in [6, 6.07) is 8.61. The van der Waals surface area contributed by atoms with Gasteiger partial charge >= 0.3 is 6.18 Å². The number of halogens is 3. The van der Waals surface area contributed by atoms with Crippen molar-refractivity contribution in [2.75, 3.05) is 36.0 Å². The summed E-state index contributed by atoms with van der Waals surface area (Å²) in [5.74, 6) is 0.00637. The van der Waals surface area contributed by atoms with Gasteiger partial charge in [-0.15, -0.1) is 0 Å². The number of alkyl halides is 3. The molecule has 2 aromatic rings. The highest BCUT2D eigenvalue weighted by Crippen LogP contribution is 2.31. The van der Waals surface area contributed by atoms with Crippen LogP contribution in [0.3, 0.4) is 0 Å². The molecule has 1 unspecified atom stereocenters. The highest BCUT2D eigenvalue weighted by Gasteiger charge is 2.36. The quantitative estimate of drug-likeness (QED) is 0.786. The Labute approximate surface area is 159 Å². The average molecular weight is 392 g/mol. The molecule has 1 aromatic carbocycles. The first-order valence-electron chi connectivity index (χ1n) is 9.01. The highest BCUT2D eigenvalue weighted by atomic mass is 19.4. The molecule has 0 saturated carbocycles. The predicted octanol–water partition coefficient (Wildman–Crippen LogP) is 2.60. The summed E-state index contributed by atoms with van der Waals surface area (Å²) in [6.45, 7) is 2.72. The number of anilines is 2. The number of para-hydroxylation sites is 1. The molecule has 9 heteroatoms. The zero-order valence-electron chi connectivity index (χ0n) is 15.2. The zero-order valence-corrected chi connectivity index (χ0v) is 15.2. The lowest BCUT2D eigenvalue weighted by Crippen LogP contribution is -2.51. The van der Waals surface area contributed by atoms with Gasteiger partial charge in [0.2, 0.25) is 0 Å². The van der Waals surface area contributed by atoms with Gasteiger partial charge in [-0.25, -0.2) is 9.97 Å². The van der Waals surface area contributed by atoms with E-state index in [9.17, 15) is 18.0 Å². The van der Waals surface area contributed by atoms with Gasteiger partial charge in [-0.05, 0) is 25.0 Å². The molecule has 0 spiro atoms. The van der Waals surface area contributed by atoms with Crippen LogP contribution in [0.2, 0.25) is 0 Å². The summed E-state index contributed by atoms with van der Waals surface area (Å²) in [5.41, 5.74) is 0.980. The fourth-order valence-corrected chi connectivity index (χ4v) is 3.61. The van der Waals surface area contributed by atoms with Crippen LogP contribution in [-0.2, 0) is 22.1 Å². The second kappa shape index (κ2) is 7.05. The first-order valence-corrected chi connectivity index (χ1v) is 9.01. The van der Waals surface area contributed by atoms with Gasteiger partial charge in [-0.3, -0.25) is 4.79 Å². The lowest BCUT2D eigenvalue weighted by molar-refractivity contribution is -0.141. The van der Waals surface area contributed by atoms with Gasteiger partial charge in [0, 0.05) is 24.8 Å². The fraction of sp³-hybridized carbons (Fsp3) is 0.421. The lowest BCUT2D eigenvalue weighted by Gasteiger charge is -2.35. The maximum absolute atomic E-state index is 13.1. The van der Waals surface area contributed by atoms with Crippen molar-refractivity contribution in [3.8, 4) is 0 Å². The number of morpholine rings is 1. The molecule has 0 bridgehead atoms. The van der Waals surface area contributed by atoms with E-state index in [-0.39, 0.29) is 30.7 Å². The van der Waals surface area contributed by atoms with E-state index in [1.807, 2.05) is 24.3 Å². The molecule has 4 rings (SSSR count). The van der Waals surface area contributed by atoms with Crippen molar-refractivity contribution in [2.24, 2.45) is 0 Å². The molecule has 1 amide bonds. The number of hydrogen-bond acceptors (Lipinski definition) is 5. The van der Waals surface area contributed by atoms with E-state index in [1.54, 1.807) is 9.80 Å². The molecule has 3 heterocycles. The van der Waals surface area contributed by atoms with Crippen molar-refractivity contribution in [1.29, 1.82) is 0 Å². The van der Waals surface area contributed by atoms with Gasteiger partial charge in [-0.1, -0.05) is 18.2 Å². The zero-order chi connectivity index (χ0) is 19.9. The Balaban J connectivity index is 1.54. The van der Waals surface area contributed by atoms with E-state index in [0.29, 0.717) is 13.1 Å². The van der Waals surface area contributed by atoms with Crippen molar-refractivity contribution >= 4 is 17.4 Å². The van der Waals surface area contributed by atoms with Gasteiger partial charge in [0.15, 0.2) is 6.10 Å². The molecule has 6 nitrogen and oxygen atoms in total. The molecule has 1 fully saturated rings. The fourth-order valence-electron chi connectivity index (χ4n) is 3.61. The Bertz CT molecular complexity index is 903. The number of benzene rings is 1. The Morgan fingerprint density at radius 1 is 1.21 bits per heavy atom. The molecule has 0 aliphatic carbocycles. The van der Waals surface area contributed by atoms with Crippen LogP contribution in [0.1, 0.15) is 17.1 Å². The number of nitrogens with zero attached hydrogens (tertiary/aromatic N) is 4. The predicted molar refractivity (Wildman–Crippen MR) is 96.2 cm³/mol. The standard InChI is InChI=1S/C19H19F3N4O2/c1-12-23-16(19(20,21)22)10-17(24-12)25-8-9-28-15(11-25)18(27)26-7-6-13-4-2-3-5-14(13)26/h2-5,10,15H,6-9,11H2,1H3. The van der Waals surface area contributed by atoms with Crippen LogP contribution in [0.15, 0.2) is 30.3 Å². The monoisotopic (exact) mass is 392 g/mol. The summed E-state index contributed by atoms with van der Waals surface area (Å²) >= 11 is 0. The number of carbonyl (C=O) groups is 1. The van der Waals surface area contributed by atoms with Gasteiger partial charge in [0.1, 0.15) is 17.3 Å². The number of hydrogen-bond donors (Lipinski definition) is 0. The Kier molecular flexibility index (Phi) is 4.70.